The fourth-order valence-electron chi connectivity index (χ4n) is 2.70. The summed E-state index contributed by atoms with van der Waals surface area (Å²) in [6.07, 6.45) is 3.34. The molecular weight excluding hydrogens is 336 g/mol. The Balaban J connectivity index is 1.66. The van der Waals surface area contributed by atoms with Gasteiger partial charge in [0.25, 0.3) is 17.7 Å². The van der Waals surface area contributed by atoms with Crippen molar-refractivity contribution < 1.29 is 23.9 Å². The topological polar surface area (TPSA) is 92.8 Å². The molecular formula is C19H24N2O5. The van der Waals surface area contributed by atoms with E-state index in [1.165, 1.54) is 0 Å². The number of carbonyl (C=O) groups excluding carboxylic acids is 4. The SMILES string of the molecule is CCCCCNC(=O)COC(=O)CCCN1C(=O)c2ccccc2C1=O. The van der Waals surface area contributed by atoms with E-state index in [1.807, 2.05) is 0 Å². The van der Waals surface area contributed by atoms with Crippen LogP contribution in [-0.4, -0.2) is 48.3 Å². The first-order valence-corrected chi connectivity index (χ1v) is 8.92. The highest BCUT2D eigenvalue weighted by molar-refractivity contribution is 6.21. The van der Waals surface area contributed by atoms with Gasteiger partial charge in [-0.25, -0.2) is 0 Å². The lowest BCUT2D eigenvalue weighted by atomic mass is 10.1. The largest absolute Gasteiger partial charge is 0.456 e. The van der Waals surface area contributed by atoms with Crippen LogP contribution in [0.1, 0.15) is 59.7 Å². The van der Waals surface area contributed by atoms with E-state index in [0.29, 0.717) is 24.1 Å². The highest BCUT2D eigenvalue weighted by Gasteiger charge is 2.34. The van der Waals surface area contributed by atoms with E-state index in [-0.39, 0.29) is 37.3 Å². The van der Waals surface area contributed by atoms with Crippen molar-refractivity contribution in [3.05, 3.63) is 35.4 Å². The monoisotopic (exact) mass is 360 g/mol. The molecule has 0 radical (unpaired) electrons. The van der Waals surface area contributed by atoms with E-state index in [1.54, 1.807) is 24.3 Å². The number of benzene rings is 1. The minimum absolute atomic E-state index is 0.0382. The standard InChI is InChI=1S/C19H24N2O5/c1-2-3-6-11-20-16(22)13-26-17(23)10-7-12-21-18(24)14-8-4-5-9-15(14)19(21)25/h4-5,8-9H,2-3,6-7,10-13H2,1H3,(H,20,22). The Morgan fingerprint density at radius 1 is 1.04 bits per heavy atom. The first-order chi connectivity index (χ1) is 12.5. The average molecular weight is 360 g/mol. The van der Waals surface area contributed by atoms with E-state index in [4.69, 9.17) is 4.74 Å². The zero-order valence-electron chi connectivity index (χ0n) is 15.0. The molecule has 0 saturated heterocycles. The predicted molar refractivity (Wildman–Crippen MR) is 94.5 cm³/mol. The summed E-state index contributed by atoms with van der Waals surface area (Å²) in [6.45, 7) is 2.48. The summed E-state index contributed by atoms with van der Waals surface area (Å²) >= 11 is 0. The van der Waals surface area contributed by atoms with Crippen LogP contribution < -0.4 is 5.32 Å². The zero-order chi connectivity index (χ0) is 18.9. The summed E-state index contributed by atoms with van der Waals surface area (Å²) in [5.74, 6) is -1.53. The number of carbonyl (C=O) groups is 4. The van der Waals surface area contributed by atoms with Gasteiger partial charge in [-0.15, -0.1) is 0 Å². The lowest BCUT2D eigenvalue weighted by Crippen LogP contribution is -2.31. The van der Waals surface area contributed by atoms with Crippen molar-refractivity contribution in [2.45, 2.75) is 39.0 Å². The van der Waals surface area contributed by atoms with Crippen molar-refractivity contribution in [2.75, 3.05) is 19.7 Å². The van der Waals surface area contributed by atoms with Crippen LogP contribution in [0.5, 0.6) is 0 Å². The Labute approximate surface area is 152 Å². The van der Waals surface area contributed by atoms with Gasteiger partial charge in [0.05, 0.1) is 11.1 Å². The molecule has 7 heteroatoms. The van der Waals surface area contributed by atoms with Gasteiger partial charge in [-0.2, -0.15) is 0 Å². The number of nitrogens with one attached hydrogen (secondary N) is 1. The summed E-state index contributed by atoms with van der Waals surface area (Å²) in [5.41, 5.74) is 0.777. The molecule has 1 aliphatic heterocycles. The maximum absolute atomic E-state index is 12.2. The van der Waals surface area contributed by atoms with Gasteiger partial charge in [0.1, 0.15) is 0 Å². The second-order valence-electron chi connectivity index (χ2n) is 6.13. The smallest absolute Gasteiger partial charge is 0.306 e. The van der Waals surface area contributed by atoms with Gasteiger partial charge in [0.2, 0.25) is 0 Å². The van der Waals surface area contributed by atoms with E-state index in [9.17, 15) is 19.2 Å². The minimum atomic E-state index is -0.523. The van der Waals surface area contributed by atoms with Gasteiger partial charge in [-0.05, 0) is 25.0 Å². The second-order valence-corrected chi connectivity index (χ2v) is 6.13. The van der Waals surface area contributed by atoms with Crippen LogP contribution in [0.3, 0.4) is 0 Å². The molecule has 7 nitrogen and oxygen atoms in total. The summed E-state index contributed by atoms with van der Waals surface area (Å²) in [7, 11) is 0. The third-order valence-electron chi connectivity index (χ3n) is 4.11. The number of rotatable bonds is 10. The van der Waals surface area contributed by atoms with Crippen molar-refractivity contribution in [1.82, 2.24) is 10.2 Å². The molecule has 3 amide bonds. The minimum Gasteiger partial charge on any atom is -0.456 e. The predicted octanol–water partition coefficient (Wildman–Crippen LogP) is 1.91. The Kier molecular flexibility index (Phi) is 7.32. The number of ether oxygens (including phenoxy) is 1. The molecule has 0 saturated carbocycles. The van der Waals surface area contributed by atoms with Crippen LogP contribution >= 0.6 is 0 Å². The van der Waals surface area contributed by atoms with E-state index in [0.717, 1.165) is 24.2 Å². The third kappa shape index (κ3) is 5.15. The summed E-state index contributed by atoms with van der Waals surface area (Å²) in [4.78, 5) is 48.7. The highest BCUT2D eigenvalue weighted by atomic mass is 16.5. The maximum Gasteiger partial charge on any atom is 0.306 e. The lowest BCUT2D eigenvalue weighted by molar-refractivity contribution is -0.148. The van der Waals surface area contributed by atoms with Gasteiger partial charge in [-0.1, -0.05) is 31.9 Å². The van der Waals surface area contributed by atoms with Crippen LogP contribution in [0.2, 0.25) is 0 Å². The van der Waals surface area contributed by atoms with Gasteiger partial charge in [0.15, 0.2) is 6.61 Å². The second kappa shape index (κ2) is 9.70. The molecule has 2 rings (SSSR count). The molecule has 140 valence electrons. The molecule has 0 aliphatic carbocycles. The molecule has 0 spiro atoms. The maximum atomic E-state index is 12.2. The van der Waals surface area contributed by atoms with Crippen molar-refractivity contribution >= 4 is 23.7 Å². The number of imide groups is 1. The fraction of sp³-hybridized carbons (Fsp3) is 0.474. The Bertz CT molecular complexity index is 651. The van der Waals surface area contributed by atoms with E-state index in [2.05, 4.69) is 12.2 Å². The number of hydrogen-bond acceptors (Lipinski definition) is 5. The van der Waals surface area contributed by atoms with Crippen LogP contribution in [-0.2, 0) is 14.3 Å². The van der Waals surface area contributed by atoms with Gasteiger partial charge < -0.3 is 10.1 Å². The molecule has 1 aromatic rings. The molecule has 26 heavy (non-hydrogen) atoms. The van der Waals surface area contributed by atoms with Crippen LogP contribution in [0.15, 0.2) is 24.3 Å². The van der Waals surface area contributed by atoms with E-state index < -0.39 is 5.97 Å². The average Bonchev–Trinajstić information content (AvgIpc) is 2.89. The van der Waals surface area contributed by atoms with Crippen LogP contribution in [0.4, 0.5) is 0 Å². The molecule has 0 atom stereocenters. The third-order valence-corrected chi connectivity index (χ3v) is 4.11. The van der Waals surface area contributed by atoms with Crippen molar-refractivity contribution in [1.29, 1.82) is 0 Å². The molecule has 0 aromatic heterocycles. The number of amides is 3. The van der Waals surface area contributed by atoms with Crippen LogP contribution in [0, 0.1) is 0 Å². The number of nitrogens with zero attached hydrogens (tertiary/aromatic N) is 1. The van der Waals surface area contributed by atoms with Crippen molar-refractivity contribution in [2.24, 2.45) is 0 Å². The highest BCUT2D eigenvalue weighted by Crippen LogP contribution is 2.22. The number of esters is 1. The summed E-state index contributed by atoms with van der Waals surface area (Å²) < 4.78 is 4.90. The summed E-state index contributed by atoms with van der Waals surface area (Å²) in [6, 6.07) is 6.64. The van der Waals surface area contributed by atoms with Gasteiger partial charge in [-0.3, -0.25) is 24.1 Å². The number of hydrogen-bond donors (Lipinski definition) is 1. The quantitative estimate of drug-likeness (QED) is 0.391. The molecule has 0 fully saturated rings. The molecule has 1 aliphatic rings. The molecule has 0 unspecified atom stereocenters. The Hall–Kier alpha value is -2.70. The molecule has 1 heterocycles. The Morgan fingerprint density at radius 3 is 2.31 bits per heavy atom. The van der Waals surface area contributed by atoms with Gasteiger partial charge in [0, 0.05) is 19.5 Å². The number of unbranched alkanes of at least 4 members (excludes halogenated alkanes) is 2. The molecule has 1 aromatic carbocycles. The fourth-order valence-corrected chi connectivity index (χ4v) is 2.70. The van der Waals surface area contributed by atoms with E-state index >= 15 is 0 Å². The normalized spacial score (nSPS) is 12.9. The first-order valence-electron chi connectivity index (χ1n) is 8.92. The molecule has 0 bridgehead atoms. The van der Waals surface area contributed by atoms with Crippen molar-refractivity contribution in [3.63, 3.8) is 0 Å². The summed E-state index contributed by atoms with van der Waals surface area (Å²) in [5, 5.41) is 2.68. The molecule has 1 N–H and O–H groups in total. The Morgan fingerprint density at radius 2 is 1.69 bits per heavy atom. The lowest BCUT2D eigenvalue weighted by Gasteiger charge is -2.13. The van der Waals surface area contributed by atoms with Crippen LogP contribution in [0.25, 0.3) is 0 Å². The number of fused-ring (bicyclic) bond motifs is 1. The van der Waals surface area contributed by atoms with Crippen molar-refractivity contribution in [3.8, 4) is 0 Å². The first kappa shape index (κ1) is 19.6. The zero-order valence-corrected chi connectivity index (χ0v) is 15.0. The van der Waals surface area contributed by atoms with Gasteiger partial charge >= 0.3 is 5.97 Å².